The molecule has 1 fully saturated rings. The number of rotatable bonds is 3. The lowest BCUT2D eigenvalue weighted by Crippen LogP contribution is -2.39. The molecule has 0 unspecified atom stereocenters. The van der Waals surface area contributed by atoms with Gasteiger partial charge in [0.25, 0.3) is 0 Å². The number of aliphatic hydroxyl groups excluding tert-OH is 1. The summed E-state index contributed by atoms with van der Waals surface area (Å²) in [6.45, 7) is 6.95. The Hall–Kier alpha value is -1.59. The van der Waals surface area contributed by atoms with E-state index < -0.39 is 11.7 Å². The summed E-state index contributed by atoms with van der Waals surface area (Å²) in [6, 6.07) is 9.86. The molecule has 0 saturated carbocycles. The van der Waals surface area contributed by atoms with Crippen LogP contribution < -0.4 is 5.32 Å². The molecule has 1 aromatic carbocycles. The van der Waals surface area contributed by atoms with Crippen molar-refractivity contribution in [1.29, 1.82) is 0 Å². The molecule has 0 aliphatic carbocycles. The molecular formula is C16H24N2O3. The normalized spacial score (nSPS) is 22.4. The number of ether oxygens (including phenoxy) is 1. The summed E-state index contributed by atoms with van der Waals surface area (Å²) in [6.07, 6.45) is -0.938. The highest BCUT2D eigenvalue weighted by Crippen LogP contribution is 2.16. The first-order chi connectivity index (χ1) is 9.85. The molecule has 0 radical (unpaired) electrons. The predicted octanol–water partition coefficient (Wildman–Crippen LogP) is 1.76. The second kappa shape index (κ2) is 6.45. The van der Waals surface area contributed by atoms with Crippen LogP contribution in [0.5, 0.6) is 0 Å². The van der Waals surface area contributed by atoms with E-state index in [1.165, 1.54) is 0 Å². The van der Waals surface area contributed by atoms with Crippen LogP contribution in [0.4, 0.5) is 4.79 Å². The fraction of sp³-hybridized carbons (Fsp3) is 0.562. The number of benzene rings is 1. The van der Waals surface area contributed by atoms with E-state index in [9.17, 15) is 9.90 Å². The molecule has 1 amide bonds. The van der Waals surface area contributed by atoms with Crippen molar-refractivity contribution in [1.82, 2.24) is 10.2 Å². The monoisotopic (exact) mass is 292 g/mol. The third-order valence-electron chi connectivity index (χ3n) is 3.35. The number of nitrogens with zero attached hydrogens (tertiary/aromatic N) is 1. The number of likely N-dealkylation sites (tertiary alicyclic amines) is 1. The lowest BCUT2D eigenvalue weighted by Gasteiger charge is -2.24. The maximum absolute atomic E-state index is 12.0. The highest BCUT2D eigenvalue weighted by molar-refractivity contribution is 5.68. The molecule has 2 atom stereocenters. The average Bonchev–Trinajstić information content (AvgIpc) is 2.77. The van der Waals surface area contributed by atoms with Crippen molar-refractivity contribution in [2.24, 2.45) is 0 Å². The van der Waals surface area contributed by atoms with Gasteiger partial charge in [-0.15, -0.1) is 0 Å². The third kappa shape index (κ3) is 4.72. The van der Waals surface area contributed by atoms with Gasteiger partial charge in [-0.3, -0.25) is 0 Å². The van der Waals surface area contributed by atoms with Crippen LogP contribution in [-0.2, 0) is 11.3 Å². The van der Waals surface area contributed by atoms with Crippen molar-refractivity contribution in [2.45, 2.75) is 45.1 Å². The van der Waals surface area contributed by atoms with Crippen LogP contribution >= 0.6 is 0 Å². The van der Waals surface area contributed by atoms with Gasteiger partial charge < -0.3 is 20.1 Å². The summed E-state index contributed by atoms with van der Waals surface area (Å²) in [5, 5.41) is 13.4. The van der Waals surface area contributed by atoms with E-state index in [-0.39, 0.29) is 12.1 Å². The molecule has 21 heavy (non-hydrogen) atoms. The van der Waals surface area contributed by atoms with Gasteiger partial charge in [-0.1, -0.05) is 30.3 Å². The summed E-state index contributed by atoms with van der Waals surface area (Å²) in [5.41, 5.74) is 0.637. The molecule has 1 aliphatic rings. The summed E-state index contributed by atoms with van der Waals surface area (Å²) < 4.78 is 5.33. The van der Waals surface area contributed by atoms with Gasteiger partial charge in [0.1, 0.15) is 5.60 Å². The zero-order valence-corrected chi connectivity index (χ0v) is 12.9. The summed E-state index contributed by atoms with van der Waals surface area (Å²) in [7, 11) is 0. The van der Waals surface area contributed by atoms with Crippen molar-refractivity contribution in [3.05, 3.63) is 35.9 Å². The highest BCUT2D eigenvalue weighted by Gasteiger charge is 2.35. The lowest BCUT2D eigenvalue weighted by molar-refractivity contribution is 0.0270. The standard InChI is InChI=1S/C16H24N2O3/c1-16(2,3)21-15(20)18-10-13(14(19)11-18)17-9-12-7-5-4-6-8-12/h4-8,13-14,17,19H,9-11H2,1-3H3/t13-,14-/m1/s1. The molecule has 1 aromatic rings. The van der Waals surface area contributed by atoms with Gasteiger partial charge in [0.15, 0.2) is 0 Å². The molecule has 0 bridgehead atoms. The minimum atomic E-state index is -0.568. The number of aliphatic hydroxyl groups is 1. The maximum atomic E-state index is 12.0. The number of carbonyl (C=O) groups excluding carboxylic acids is 1. The van der Waals surface area contributed by atoms with Crippen molar-refractivity contribution in [3.63, 3.8) is 0 Å². The molecule has 116 valence electrons. The number of hydrogen-bond acceptors (Lipinski definition) is 4. The quantitative estimate of drug-likeness (QED) is 0.891. The Morgan fingerprint density at radius 3 is 2.62 bits per heavy atom. The SMILES string of the molecule is CC(C)(C)OC(=O)N1C[C@@H](O)[C@H](NCc2ccccc2)C1. The Balaban J connectivity index is 1.85. The van der Waals surface area contributed by atoms with E-state index in [1.807, 2.05) is 51.1 Å². The first-order valence-corrected chi connectivity index (χ1v) is 7.28. The first-order valence-electron chi connectivity index (χ1n) is 7.28. The lowest BCUT2D eigenvalue weighted by atomic mass is 10.2. The number of β-amino-alcohol motifs (C(OH)–C–C–N with tert-alkyl or cyclic N) is 1. The fourth-order valence-corrected chi connectivity index (χ4v) is 2.31. The van der Waals surface area contributed by atoms with E-state index in [4.69, 9.17) is 4.74 Å². The van der Waals surface area contributed by atoms with E-state index in [1.54, 1.807) is 4.90 Å². The minimum Gasteiger partial charge on any atom is -0.444 e. The highest BCUT2D eigenvalue weighted by atomic mass is 16.6. The number of hydrogen-bond donors (Lipinski definition) is 2. The summed E-state index contributed by atoms with van der Waals surface area (Å²) in [5.74, 6) is 0. The Kier molecular flexibility index (Phi) is 4.85. The second-order valence-electron chi connectivity index (χ2n) is 6.43. The number of amides is 1. The van der Waals surface area contributed by atoms with E-state index in [0.29, 0.717) is 19.6 Å². The minimum absolute atomic E-state index is 0.127. The zero-order valence-electron chi connectivity index (χ0n) is 12.9. The Labute approximate surface area is 125 Å². The number of carbonyl (C=O) groups is 1. The van der Waals surface area contributed by atoms with Crippen LogP contribution in [0.15, 0.2) is 30.3 Å². The van der Waals surface area contributed by atoms with E-state index in [2.05, 4.69) is 5.32 Å². The molecule has 2 N–H and O–H groups in total. The fourth-order valence-electron chi connectivity index (χ4n) is 2.31. The Bertz CT molecular complexity index is 470. The van der Waals surface area contributed by atoms with Crippen LogP contribution in [0.3, 0.4) is 0 Å². The van der Waals surface area contributed by atoms with Crippen molar-refractivity contribution in [2.75, 3.05) is 13.1 Å². The average molecular weight is 292 g/mol. The van der Waals surface area contributed by atoms with Gasteiger partial charge in [-0.05, 0) is 26.3 Å². The smallest absolute Gasteiger partial charge is 0.410 e. The molecule has 1 aliphatic heterocycles. The molecule has 1 saturated heterocycles. The number of nitrogens with one attached hydrogen (secondary N) is 1. The molecule has 1 heterocycles. The van der Waals surface area contributed by atoms with Crippen LogP contribution in [0.2, 0.25) is 0 Å². The van der Waals surface area contributed by atoms with Gasteiger partial charge in [0.2, 0.25) is 0 Å². The molecule has 5 heteroatoms. The third-order valence-corrected chi connectivity index (χ3v) is 3.35. The van der Waals surface area contributed by atoms with Crippen LogP contribution in [0.1, 0.15) is 26.3 Å². The van der Waals surface area contributed by atoms with Gasteiger partial charge in [-0.25, -0.2) is 4.79 Å². The van der Waals surface area contributed by atoms with Crippen LogP contribution in [0.25, 0.3) is 0 Å². The first kappa shape index (κ1) is 15.8. The molecule has 0 spiro atoms. The van der Waals surface area contributed by atoms with E-state index >= 15 is 0 Å². The Morgan fingerprint density at radius 1 is 1.33 bits per heavy atom. The maximum Gasteiger partial charge on any atom is 0.410 e. The van der Waals surface area contributed by atoms with Gasteiger partial charge in [-0.2, -0.15) is 0 Å². The van der Waals surface area contributed by atoms with Crippen LogP contribution in [-0.4, -0.2) is 46.9 Å². The van der Waals surface area contributed by atoms with Gasteiger partial charge >= 0.3 is 6.09 Å². The topological polar surface area (TPSA) is 61.8 Å². The second-order valence-corrected chi connectivity index (χ2v) is 6.43. The van der Waals surface area contributed by atoms with Crippen molar-refractivity contribution >= 4 is 6.09 Å². The van der Waals surface area contributed by atoms with Crippen molar-refractivity contribution in [3.8, 4) is 0 Å². The Morgan fingerprint density at radius 2 is 2.00 bits per heavy atom. The summed E-state index contributed by atoms with van der Waals surface area (Å²) in [4.78, 5) is 13.5. The van der Waals surface area contributed by atoms with Gasteiger partial charge in [0, 0.05) is 13.1 Å². The molecule has 2 rings (SSSR count). The van der Waals surface area contributed by atoms with Gasteiger partial charge in [0.05, 0.1) is 18.7 Å². The molecule has 0 aromatic heterocycles. The summed E-state index contributed by atoms with van der Waals surface area (Å²) >= 11 is 0. The van der Waals surface area contributed by atoms with Crippen molar-refractivity contribution < 1.29 is 14.6 Å². The largest absolute Gasteiger partial charge is 0.444 e. The zero-order chi connectivity index (χ0) is 15.5. The van der Waals surface area contributed by atoms with E-state index in [0.717, 1.165) is 5.56 Å². The van der Waals surface area contributed by atoms with Crippen LogP contribution in [0, 0.1) is 0 Å². The molecule has 5 nitrogen and oxygen atoms in total. The molecular weight excluding hydrogens is 268 g/mol. The predicted molar refractivity (Wildman–Crippen MR) is 80.9 cm³/mol.